The van der Waals surface area contributed by atoms with Crippen LogP contribution in [0.1, 0.15) is 8.29 Å². The molecule has 1 unspecified atom stereocenters. The maximum absolute atomic E-state index is 7.28. The monoisotopic (exact) mass is 106 g/mol. The normalized spacial score (nSPS) is 19.7. The van der Waals surface area contributed by atoms with Crippen molar-refractivity contribution in [2.75, 3.05) is 26.1 Å². The van der Waals surface area contributed by atoms with Gasteiger partial charge in [-0.3, -0.25) is 0 Å². The minimum absolute atomic E-state index is 0.160. The van der Waals surface area contributed by atoms with Crippen molar-refractivity contribution in [1.82, 2.24) is 0 Å². The third-order valence-electron chi connectivity index (χ3n) is 0.775. The smallest absolute Gasteiger partial charge is 0.0312 e. The lowest BCUT2D eigenvalue weighted by Gasteiger charge is -2.05. The number of hydrogen-bond donors (Lipinski definition) is 0. The van der Waals surface area contributed by atoms with Gasteiger partial charge in [0.1, 0.15) is 0 Å². The fraction of sp³-hybridized carbons (Fsp3) is 1.00. The Bertz CT molecular complexity index is 53.6. The van der Waals surface area contributed by atoms with E-state index in [1.165, 1.54) is 0 Å². The molecule has 0 aromatic rings. The lowest BCUT2D eigenvalue weighted by Crippen LogP contribution is -1.84. The van der Waals surface area contributed by atoms with E-state index in [1.807, 2.05) is 6.92 Å². The first kappa shape index (κ1) is 4.59. The SMILES string of the molecule is [2H]C(C)[P+](C)(C)C. The molecule has 0 radical (unpaired) electrons. The molecule has 0 aliphatic carbocycles. The molecule has 0 nitrogen and oxygen atoms in total. The summed E-state index contributed by atoms with van der Waals surface area (Å²) < 4.78 is 7.28. The van der Waals surface area contributed by atoms with Crippen molar-refractivity contribution in [2.45, 2.75) is 6.92 Å². The van der Waals surface area contributed by atoms with Crippen molar-refractivity contribution in [3.05, 3.63) is 0 Å². The quantitative estimate of drug-likeness (QED) is 0.448. The molecule has 0 saturated carbocycles. The molecule has 0 bridgehead atoms. The predicted molar refractivity (Wildman–Crippen MR) is 35.2 cm³/mol. The van der Waals surface area contributed by atoms with E-state index in [0.717, 1.165) is 0 Å². The molecule has 0 rings (SSSR count). The first-order chi connectivity index (χ1) is 2.94. The van der Waals surface area contributed by atoms with Crippen LogP contribution >= 0.6 is 7.26 Å². The summed E-state index contributed by atoms with van der Waals surface area (Å²) >= 11 is 0. The van der Waals surface area contributed by atoms with Crippen LogP contribution in [0.5, 0.6) is 0 Å². The molecule has 0 saturated heterocycles. The molecule has 0 heterocycles. The summed E-state index contributed by atoms with van der Waals surface area (Å²) in [7, 11) is -0.821. The first-order valence-electron chi connectivity index (χ1n) is 2.75. The molecular weight excluding hydrogens is 91.0 g/mol. The van der Waals surface area contributed by atoms with Crippen LogP contribution in [-0.4, -0.2) is 26.1 Å². The minimum atomic E-state index is -0.821. The van der Waals surface area contributed by atoms with Crippen molar-refractivity contribution in [2.24, 2.45) is 0 Å². The van der Waals surface area contributed by atoms with E-state index in [1.54, 1.807) is 0 Å². The van der Waals surface area contributed by atoms with Gasteiger partial charge in [-0.15, -0.1) is 0 Å². The fourth-order valence-electron chi connectivity index (χ4n) is 0. The molecule has 0 fully saturated rings. The molecular formula is C5H14P+. The summed E-state index contributed by atoms with van der Waals surface area (Å²) in [5, 5.41) is 0. The molecule has 6 heavy (non-hydrogen) atoms. The summed E-state index contributed by atoms with van der Waals surface area (Å²) in [6.45, 7) is 8.52. The van der Waals surface area contributed by atoms with Crippen LogP contribution in [-0.2, 0) is 0 Å². The van der Waals surface area contributed by atoms with Crippen LogP contribution in [0.15, 0.2) is 0 Å². The van der Waals surface area contributed by atoms with Gasteiger partial charge in [0.05, 0.1) is 7.51 Å². The highest BCUT2D eigenvalue weighted by Gasteiger charge is 2.10. The summed E-state index contributed by atoms with van der Waals surface area (Å²) in [5.74, 6) is 0. The number of hydrogen-bond acceptors (Lipinski definition) is 0. The largest absolute Gasteiger partial charge is 0.0705 e. The van der Waals surface area contributed by atoms with Crippen LogP contribution < -0.4 is 0 Å². The third-order valence-corrected chi connectivity index (χ3v) is 2.32. The van der Waals surface area contributed by atoms with Gasteiger partial charge in [-0.2, -0.15) is 0 Å². The van der Waals surface area contributed by atoms with Crippen molar-refractivity contribution in [3.63, 3.8) is 0 Å². The van der Waals surface area contributed by atoms with Crippen molar-refractivity contribution < 1.29 is 1.37 Å². The summed E-state index contributed by atoms with van der Waals surface area (Å²) in [6.07, 6.45) is 0.160. The summed E-state index contributed by atoms with van der Waals surface area (Å²) in [5.41, 5.74) is 0. The third kappa shape index (κ3) is 4.43. The Kier molecular flexibility index (Phi) is 1.48. The lowest BCUT2D eigenvalue weighted by atomic mass is 11.0. The van der Waals surface area contributed by atoms with Gasteiger partial charge in [-0.1, -0.05) is 0 Å². The van der Waals surface area contributed by atoms with E-state index < -0.39 is 7.26 Å². The van der Waals surface area contributed by atoms with Gasteiger partial charge in [0.2, 0.25) is 0 Å². The Morgan fingerprint density at radius 1 is 1.50 bits per heavy atom. The molecule has 0 aliphatic heterocycles. The first-order valence-corrected chi connectivity index (χ1v) is 5.38. The summed E-state index contributed by atoms with van der Waals surface area (Å²) in [4.78, 5) is 0. The standard InChI is InChI=1S/C5H14P/c1-5-6(2,3)4/h5H2,1-4H3/q+1/i5D. The van der Waals surface area contributed by atoms with Crippen molar-refractivity contribution >= 4 is 7.26 Å². The minimum Gasteiger partial charge on any atom is -0.0312 e. The van der Waals surface area contributed by atoms with E-state index in [0.29, 0.717) is 0 Å². The van der Waals surface area contributed by atoms with Crippen molar-refractivity contribution in [3.8, 4) is 0 Å². The fourth-order valence-corrected chi connectivity index (χ4v) is 0. The Balaban J connectivity index is 3.54. The average Bonchev–Trinajstić information content (AvgIpc) is 1.31. The average molecular weight is 106 g/mol. The second-order valence-electron chi connectivity index (χ2n) is 2.37. The zero-order valence-electron chi connectivity index (χ0n) is 6.02. The zero-order valence-corrected chi connectivity index (χ0v) is 5.92. The van der Waals surface area contributed by atoms with E-state index in [9.17, 15) is 0 Å². The van der Waals surface area contributed by atoms with Gasteiger partial charge in [0, 0.05) is 27.3 Å². The molecule has 0 amide bonds. The van der Waals surface area contributed by atoms with E-state index in [2.05, 4.69) is 20.0 Å². The van der Waals surface area contributed by atoms with Crippen LogP contribution in [0.4, 0.5) is 0 Å². The van der Waals surface area contributed by atoms with Crippen molar-refractivity contribution in [1.29, 1.82) is 0 Å². The molecule has 1 atom stereocenters. The van der Waals surface area contributed by atoms with Crippen LogP contribution in [0, 0.1) is 0 Å². The van der Waals surface area contributed by atoms with Crippen LogP contribution in [0.2, 0.25) is 0 Å². The Morgan fingerprint density at radius 3 is 1.67 bits per heavy atom. The molecule has 0 aromatic heterocycles. The molecule has 1 heteroatoms. The van der Waals surface area contributed by atoms with Crippen LogP contribution in [0.25, 0.3) is 0 Å². The molecule has 0 aliphatic rings. The second-order valence-corrected chi connectivity index (χ2v) is 7.12. The summed E-state index contributed by atoms with van der Waals surface area (Å²) in [6, 6.07) is 0. The van der Waals surface area contributed by atoms with Gasteiger partial charge in [0.15, 0.2) is 0 Å². The van der Waals surface area contributed by atoms with Gasteiger partial charge in [0.25, 0.3) is 0 Å². The van der Waals surface area contributed by atoms with Gasteiger partial charge >= 0.3 is 0 Å². The molecule has 38 valence electrons. The maximum atomic E-state index is 7.28. The Morgan fingerprint density at radius 2 is 1.67 bits per heavy atom. The van der Waals surface area contributed by atoms with E-state index >= 15 is 0 Å². The van der Waals surface area contributed by atoms with Gasteiger partial charge < -0.3 is 0 Å². The van der Waals surface area contributed by atoms with Gasteiger partial charge in [-0.25, -0.2) is 0 Å². The molecule has 0 N–H and O–H groups in total. The lowest BCUT2D eigenvalue weighted by molar-refractivity contribution is 1.47. The second kappa shape index (κ2) is 1.93. The Labute approximate surface area is 42.7 Å². The maximum Gasteiger partial charge on any atom is 0.0705 e. The highest BCUT2D eigenvalue weighted by atomic mass is 31.2. The highest BCUT2D eigenvalue weighted by molar-refractivity contribution is 7.73. The molecule has 0 spiro atoms. The predicted octanol–water partition coefficient (Wildman–Crippen LogP) is 1.91. The Hall–Kier alpha value is 0.430. The number of rotatable bonds is 1. The highest BCUT2D eigenvalue weighted by Crippen LogP contribution is 2.45. The topological polar surface area (TPSA) is 0 Å². The van der Waals surface area contributed by atoms with E-state index in [-0.39, 0.29) is 6.14 Å². The van der Waals surface area contributed by atoms with E-state index in [4.69, 9.17) is 1.37 Å². The van der Waals surface area contributed by atoms with Crippen LogP contribution in [0.3, 0.4) is 0 Å². The van der Waals surface area contributed by atoms with Gasteiger partial charge in [-0.05, 0) is 6.92 Å². The molecule has 0 aromatic carbocycles. The zero-order chi connectivity index (χ0) is 6.08.